The first-order chi connectivity index (χ1) is 6.52. The predicted molar refractivity (Wildman–Crippen MR) is 59.9 cm³/mol. The van der Waals surface area contributed by atoms with Crippen LogP contribution in [0.1, 0.15) is 40.0 Å². The second-order valence-electron chi connectivity index (χ2n) is 4.48. The minimum absolute atomic E-state index is 0.0327. The fraction of sp³-hybridized carbons (Fsp3) is 1.00. The van der Waals surface area contributed by atoms with Gasteiger partial charge in [0, 0.05) is 12.1 Å². The molecule has 3 unspecified atom stereocenters. The molecule has 0 aromatic heterocycles. The van der Waals surface area contributed by atoms with Gasteiger partial charge >= 0.3 is 0 Å². The molecule has 86 valence electrons. The lowest BCUT2D eigenvalue weighted by molar-refractivity contribution is 0.204. The Labute approximate surface area is 87.8 Å². The summed E-state index contributed by atoms with van der Waals surface area (Å²) in [6, 6.07) is 0.596. The van der Waals surface area contributed by atoms with Gasteiger partial charge in [-0.2, -0.15) is 5.54 Å². The molecule has 0 rings (SSSR count). The molecule has 0 aromatic carbocycles. The Morgan fingerprint density at radius 2 is 1.79 bits per heavy atom. The van der Waals surface area contributed by atoms with Crippen LogP contribution in [-0.4, -0.2) is 31.1 Å². The van der Waals surface area contributed by atoms with Gasteiger partial charge in [0.15, 0.2) is 0 Å². The van der Waals surface area contributed by atoms with Crippen LogP contribution >= 0.6 is 0 Å². The molecule has 0 aliphatic carbocycles. The number of rotatable bonds is 7. The average molecular weight is 204 g/mol. The minimum Gasteiger partial charge on any atom is -0.306 e. The van der Waals surface area contributed by atoms with E-state index in [1.165, 1.54) is 0 Å². The molecule has 1 N–H and O–H groups in total. The molecule has 14 heavy (non-hydrogen) atoms. The molecule has 0 saturated carbocycles. The summed E-state index contributed by atoms with van der Waals surface area (Å²) in [5, 5.41) is 0. The van der Waals surface area contributed by atoms with Gasteiger partial charge in [-0.25, -0.2) is 0 Å². The maximum Gasteiger partial charge on any atom is 0.0369 e. The molecule has 0 fully saturated rings. The summed E-state index contributed by atoms with van der Waals surface area (Å²) < 4.78 is 12.1. The van der Waals surface area contributed by atoms with Crippen LogP contribution in [0.25, 0.3) is 0 Å². The van der Waals surface area contributed by atoms with Crippen molar-refractivity contribution in [3.05, 3.63) is 0 Å². The van der Waals surface area contributed by atoms with Gasteiger partial charge in [-0.1, -0.05) is 13.8 Å². The van der Waals surface area contributed by atoms with Crippen molar-refractivity contribution in [1.29, 1.82) is 0 Å². The smallest absolute Gasteiger partial charge is 0.0369 e. The first kappa shape index (κ1) is 13.8. The Kier molecular flexibility index (Phi) is 7.11. The minimum atomic E-state index is -0.0327. The number of hydrogen-bond acceptors (Lipinski definition) is 2. The highest BCUT2D eigenvalue weighted by Gasteiger charge is 2.15. The molecule has 0 saturated heterocycles. The fourth-order valence-electron chi connectivity index (χ4n) is 1.64. The molecule has 0 heterocycles. The Hall–Kier alpha value is -0.150. The van der Waals surface area contributed by atoms with Crippen LogP contribution in [0.4, 0.5) is 4.48 Å². The van der Waals surface area contributed by atoms with E-state index in [0.29, 0.717) is 12.0 Å². The van der Waals surface area contributed by atoms with Crippen LogP contribution in [0, 0.1) is 5.92 Å². The van der Waals surface area contributed by atoms with E-state index in [2.05, 4.69) is 32.8 Å². The zero-order valence-electron chi connectivity index (χ0n) is 10.2. The molecular weight excluding hydrogens is 179 g/mol. The van der Waals surface area contributed by atoms with Crippen molar-refractivity contribution >= 4 is 0 Å². The lowest BCUT2D eigenvalue weighted by atomic mass is 9.95. The molecule has 2 nitrogen and oxygen atoms in total. The van der Waals surface area contributed by atoms with Gasteiger partial charge in [0.1, 0.15) is 0 Å². The van der Waals surface area contributed by atoms with Gasteiger partial charge in [0.2, 0.25) is 0 Å². The van der Waals surface area contributed by atoms with Crippen molar-refractivity contribution in [1.82, 2.24) is 10.4 Å². The molecule has 0 spiro atoms. The zero-order valence-corrected chi connectivity index (χ0v) is 10.2. The van der Waals surface area contributed by atoms with E-state index in [9.17, 15) is 4.48 Å². The Balaban J connectivity index is 3.79. The molecule has 0 aliphatic heterocycles. The molecular formula is C11H25FN2. The summed E-state index contributed by atoms with van der Waals surface area (Å²) >= 11 is 0. The summed E-state index contributed by atoms with van der Waals surface area (Å²) in [4.78, 5) is 2.25. The molecule has 0 aliphatic rings. The van der Waals surface area contributed by atoms with Crippen LogP contribution in [0.3, 0.4) is 0 Å². The Bertz CT molecular complexity index is 139. The molecule has 0 amide bonds. The Morgan fingerprint density at radius 1 is 1.21 bits per heavy atom. The van der Waals surface area contributed by atoms with Crippen LogP contribution in [0.5, 0.6) is 0 Å². The van der Waals surface area contributed by atoms with Crippen LogP contribution in [-0.2, 0) is 0 Å². The van der Waals surface area contributed by atoms with Crippen molar-refractivity contribution in [3.63, 3.8) is 0 Å². The lowest BCUT2D eigenvalue weighted by Crippen LogP contribution is -2.30. The zero-order chi connectivity index (χ0) is 11.1. The quantitative estimate of drug-likeness (QED) is 0.641. The second-order valence-corrected chi connectivity index (χ2v) is 4.48. The summed E-state index contributed by atoms with van der Waals surface area (Å²) in [6.07, 6.45) is 3.39. The highest BCUT2D eigenvalue weighted by Crippen LogP contribution is 2.15. The fourth-order valence-corrected chi connectivity index (χ4v) is 1.64. The topological polar surface area (TPSA) is 15.3 Å². The van der Waals surface area contributed by atoms with E-state index in [1.807, 2.05) is 12.5 Å². The molecule has 0 aromatic rings. The third-order valence-electron chi connectivity index (χ3n) is 3.18. The normalized spacial score (nSPS) is 18.2. The van der Waals surface area contributed by atoms with Gasteiger partial charge < -0.3 is 4.90 Å². The third-order valence-corrected chi connectivity index (χ3v) is 3.18. The van der Waals surface area contributed by atoms with Gasteiger partial charge in [-0.05, 0) is 46.2 Å². The van der Waals surface area contributed by atoms with Crippen molar-refractivity contribution in [2.24, 2.45) is 5.92 Å². The largest absolute Gasteiger partial charge is 0.306 e. The molecule has 3 heteroatoms. The lowest BCUT2D eigenvalue weighted by Gasteiger charge is -2.25. The van der Waals surface area contributed by atoms with Crippen LogP contribution in [0.15, 0.2) is 0 Å². The molecule has 0 radical (unpaired) electrons. The summed E-state index contributed by atoms with van der Waals surface area (Å²) in [6.45, 7) is 6.19. The standard InChI is InChI=1S/C11H25FN2/c1-6-11(14(4)5)8-7-9(2)10(3)13-12/h9-11,13H,6-8H2,1-5H3. The highest BCUT2D eigenvalue weighted by atomic mass is 19.2. The average Bonchev–Trinajstić information content (AvgIpc) is 2.16. The van der Waals surface area contributed by atoms with Crippen molar-refractivity contribution < 1.29 is 4.48 Å². The van der Waals surface area contributed by atoms with Crippen LogP contribution < -0.4 is 5.54 Å². The first-order valence-electron chi connectivity index (χ1n) is 5.55. The summed E-state index contributed by atoms with van der Waals surface area (Å²) in [5.41, 5.74) is 1.82. The monoisotopic (exact) mass is 204 g/mol. The number of nitrogens with zero attached hydrogens (tertiary/aromatic N) is 1. The van der Waals surface area contributed by atoms with Crippen molar-refractivity contribution in [2.45, 2.75) is 52.1 Å². The van der Waals surface area contributed by atoms with E-state index >= 15 is 0 Å². The number of hydrogen-bond donors (Lipinski definition) is 1. The van der Waals surface area contributed by atoms with E-state index in [1.54, 1.807) is 0 Å². The van der Waals surface area contributed by atoms with E-state index in [4.69, 9.17) is 0 Å². The van der Waals surface area contributed by atoms with Gasteiger partial charge in [0.05, 0.1) is 0 Å². The highest BCUT2D eigenvalue weighted by molar-refractivity contribution is 4.70. The second kappa shape index (κ2) is 7.18. The van der Waals surface area contributed by atoms with E-state index in [-0.39, 0.29) is 6.04 Å². The molecule has 0 bridgehead atoms. The van der Waals surface area contributed by atoms with Gasteiger partial charge in [-0.15, -0.1) is 4.48 Å². The first-order valence-corrected chi connectivity index (χ1v) is 5.55. The summed E-state index contributed by atoms with van der Waals surface area (Å²) in [7, 11) is 4.21. The maximum atomic E-state index is 12.1. The Morgan fingerprint density at radius 3 is 2.14 bits per heavy atom. The third kappa shape index (κ3) is 4.91. The maximum absolute atomic E-state index is 12.1. The van der Waals surface area contributed by atoms with Gasteiger partial charge in [-0.3, -0.25) is 0 Å². The number of nitrogens with one attached hydrogen (secondary N) is 1. The van der Waals surface area contributed by atoms with E-state index in [0.717, 1.165) is 19.3 Å². The van der Waals surface area contributed by atoms with E-state index < -0.39 is 0 Å². The summed E-state index contributed by atoms with van der Waals surface area (Å²) in [5.74, 6) is 0.397. The molecule has 3 atom stereocenters. The predicted octanol–water partition coefficient (Wildman–Crippen LogP) is 2.61. The number of halogens is 1. The SMILES string of the molecule is CCC(CCC(C)C(C)NF)N(C)C. The van der Waals surface area contributed by atoms with Gasteiger partial charge in [0.25, 0.3) is 0 Å². The van der Waals surface area contributed by atoms with Crippen LogP contribution in [0.2, 0.25) is 0 Å². The van der Waals surface area contributed by atoms with Crippen molar-refractivity contribution in [2.75, 3.05) is 14.1 Å². The van der Waals surface area contributed by atoms with Crippen molar-refractivity contribution in [3.8, 4) is 0 Å².